The third kappa shape index (κ3) is 4.37. The summed E-state index contributed by atoms with van der Waals surface area (Å²) in [5, 5.41) is 14.1. The maximum atomic E-state index is 11.4. The molecule has 1 N–H and O–H groups in total. The molecule has 0 saturated heterocycles. The van der Waals surface area contributed by atoms with Gasteiger partial charge in [0.05, 0.1) is 0 Å². The predicted molar refractivity (Wildman–Crippen MR) is 86.0 cm³/mol. The molecule has 118 valence electrons. The van der Waals surface area contributed by atoms with E-state index in [1.54, 1.807) is 0 Å². The number of aromatic nitrogens is 4. The van der Waals surface area contributed by atoms with Crippen LogP contribution in [0.3, 0.4) is 0 Å². The maximum absolute atomic E-state index is 11.4. The Morgan fingerprint density at radius 1 is 1.41 bits per heavy atom. The van der Waals surface area contributed by atoms with Gasteiger partial charge in [0, 0.05) is 22.5 Å². The minimum Gasteiger partial charge on any atom is -0.458 e. The lowest BCUT2D eigenvalue weighted by Crippen LogP contribution is -2.10. The molecule has 7 heteroatoms. The Bertz CT molecular complexity index is 616. The molecule has 1 atom stereocenters. The summed E-state index contributed by atoms with van der Waals surface area (Å²) >= 11 is 3.45. The van der Waals surface area contributed by atoms with E-state index in [1.165, 1.54) is 6.92 Å². The molecule has 0 aliphatic rings. The van der Waals surface area contributed by atoms with E-state index in [1.807, 2.05) is 18.2 Å². The maximum Gasteiger partial charge on any atom is 0.303 e. The molecule has 1 aromatic carbocycles. The van der Waals surface area contributed by atoms with E-state index in [-0.39, 0.29) is 12.1 Å². The Balaban J connectivity index is 2.35. The summed E-state index contributed by atoms with van der Waals surface area (Å²) < 4.78 is 6.43. The van der Waals surface area contributed by atoms with E-state index in [9.17, 15) is 4.79 Å². The topological polar surface area (TPSA) is 80.8 Å². The normalized spacial score (nSPS) is 12.1. The number of carbonyl (C=O) groups excluding carboxylic acids is 1. The summed E-state index contributed by atoms with van der Waals surface area (Å²) in [5.41, 5.74) is 1.71. The van der Waals surface area contributed by atoms with Crippen molar-refractivity contribution in [3.05, 3.63) is 28.2 Å². The second kappa shape index (κ2) is 8.03. The molecule has 0 saturated carbocycles. The van der Waals surface area contributed by atoms with Gasteiger partial charge >= 0.3 is 5.97 Å². The molecular weight excluding hydrogens is 348 g/mol. The van der Waals surface area contributed by atoms with Crippen molar-refractivity contribution in [3.8, 4) is 11.4 Å². The molecule has 2 aromatic rings. The Morgan fingerprint density at radius 3 is 2.86 bits per heavy atom. The number of ether oxygens (including phenoxy) is 1. The van der Waals surface area contributed by atoms with Crippen LogP contribution in [0.1, 0.15) is 51.2 Å². The second-order valence-corrected chi connectivity index (χ2v) is 5.98. The number of nitrogens with zero attached hydrogens (tertiary/aromatic N) is 3. The second-order valence-electron chi connectivity index (χ2n) is 5.06. The van der Waals surface area contributed by atoms with Gasteiger partial charge in [-0.3, -0.25) is 4.79 Å². The lowest BCUT2D eigenvalue weighted by atomic mass is 9.97. The molecule has 1 unspecified atom stereocenters. The highest BCUT2D eigenvalue weighted by molar-refractivity contribution is 9.10. The average molecular weight is 367 g/mol. The zero-order valence-corrected chi connectivity index (χ0v) is 14.3. The number of esters is 1. The molecule has 2 rings (SSSR count). The van der Waals surface area contributed by atoms with Crippen LogP contribution in [0.2, 0.25) is 0 Å². The SMILES string of the molecule is CCCCCC(OC(C)=O)c1ccc(Br)cc1-c1nn[nH]n1. The number of aromatic amines is 1. The van der Waals surface area contributed by atoms with Gasteiger partial charge in [0.1, 0.15) is 6.10 Å². The van der Waals surface area contributed by atoms with Gasteiger partial charge in [0.2, 0.25) is 5.82 Å². The summed E-state index contributed by atoms with van der Waals surface area (Å²) in [6, 6.07) is 5.78. The van der Waals surface area contributed by atoms with Crippen LogP contribution in [0.4, 0.5) is 0 Å². The number of rotatable bonds is 7. The number of hydrogen-bond acceptors (Lipinski definition) is 5. The lowest BCUT2D eigenvalue weighted by molar-refractivity contribution is -0.147. The van der Waals surface area contributed by atoms with Crippen molar-refractivity contribution >= 4 is 21.9 Å². The summed E-state index contributed by atoms with van der Waals surface area (Å²) in [6.07, 6.45) is 3.69. The summed E-state index contributed by atoms with van der Waals surface area (Å²) in [5.74, 6) is 0.201. The number of H-pyrrole nitrogens is 1. The summed E-state index contributed by atoms with van der Waals surface area (Å²) in [7, 11) is 0. The fourth-order valence-electron chi connectivity index (χ4n) is 2.34. The van der Waals surface area contributed by atoms with Crippen LogP contribution in [0, 0.1) is 0 Å². The molecule has 22 heavy (non-hydrogen) atoms. The lowest BCUT2D eigenvalue weighted by Gasteiger charge is -2.19. The first-order valence-corrected chi connectivity index (χ1v) is 8.11. The first-order chi connectivity index (χ1) is 10.6. The number of carbonyl (C=O) groups is 1. The fourth-order valence-corrected chi connectivity index (χ4v) is 2.70. The number of tetrazole rings is 1. The van der Waals surface area contributed by atoms with Gasteiger partial charge < -0.3 is 4.74 Å². The summed E-state index contributed by atoms with van der Waals surface area (Å²) in [4.78, 5) is 11.4. The van der Waals surface area contributed by atoms with E-state index in [0.717, 1.165) is 41.3 Å². The van der Waals surface area contributed by atoms with E-state index in [2.05, 4.69) is 43.5 Å². The highest BCUT2D eigenvalue weighted by Gasteiger charge is 2.21. The third-order valence-corrected chi connectivity index (χ3v) is 3.82. The molecule has 0 radical (unpaired) electrons. The van der Waals surface area contributed by atoms with Crippen molar-refractivity contribution in [2.75, 3.05) is 0 Å². The predicted octanol–water partition coefficient (Wildman–Crippen LogP) is 3.81. The van der Waals surface area contributed by atoms with Crippen LogP contribution < -0.4 is 0 Å². The van der Waals surface area contributed by atoms with Crippen molar-refractivity contribution in [2.24, 2.45) is 0 Å². The van der Waals surface area contributed by atoms with Gasteiger partial charge in [-0.25, -0.2) is 0 Å². The minimum atomic E-state index is -0.300. The van der Waals surface area contributed by atoms with Gasteiger partial charge in [0.25, 0.3) is 0 Å². The largest absolute Gasteiger partial charge is 0.458 e. The molecule has 1 aromatic heterocycles. The first-order valence-electron chi connectivity index (χ1n) is 7.32. The van der Waals surface area contributed by atoms with Crippen LogP contribution in [-0.4, -0.2) is 26.6 Å². The number of halogens is 1. The number of unbranched alkanes of at least 4 members (excludes halogenated alkanes) is 2. The molecule has 0 spiro atoms. The van der Waals surface area contributed by atoms with Crippen molar-refractivity contribution < 1.29 is 9.53 Å². The van der Waals surface area contributed by atoms with E-state index in [0.29, 0.717) is 5.82 Å². The third-order valence-electron chi connectivity index (χ3n) is 3.33. The van der Waals surface area contributed by atoms with E-state index < -0.39 is 0 Å². The molecule has 0 amide bonds. The van der Waals surface area contributed by atoms with Crippen LogP contribution in [0.5, 0.6) is 0 Å². The van der Waals surface area contributed by atoms with Crippen molar-refractivity contribution in [2.45, 2.75) is 45.6 Å². The van der Waals surface area contributed by atoms with Gasteiger partial charge in [0.15, 0.2) is 0 Å². The van der Waals surface area contributed by atoms with E-state index in [4.69, 9.17) is 4.74 Å². The zero-order valence-electron chi connectivity index (χ0n) is 12.7. The van der Waals surface area contributed by atoms with Crippen LogP contribution in [0.15, 0.2) is 22.7 Å². The highest BCUT2D eigenvalue weighted by Crippen LogP contribution is 2.33. The molecule has 0 aliphatic heterocycles. The molecule has 0 fully saturated rings. The molecule has 0 bridgehead atoms. The van der Waals surface area contributed by atoms with Crippen LogP contribution in [-0.2, 0) is 9.53 Å². The Morgan fingerprint density at radius 2 is 2.23 bits per heavy atom. The average Bonchev–Trinajstić information content (AvgIpc) is 3.00. The number of benzene rings is 1. The van der Waals surface area contributed by atoms with Gasteiger partial charge in [-0.05, 0) is 30.2 Å². The fraction of sp³-hybridized carbons (Fsp3) is 0.467. The van der Waals surface area contributed by atoms with Crippen LogP contribution >= 0.6 is 15.9 Å². The van der Waals surface area contributed by atoms with Crippen LogP contribution in [0.25, 0.3) is 11.4 Å². The zero-order chi connectivity index (χ0) is 15.9. The standard InChI is InChI=1S/C15H19BrN4O2/c1-3-4-5-6-14(22-10(2)21)12-8-7-11(16)9-13(12)15-17-19-20-18-15/h7-9,14H,3-6H2,1-2H3,(H,17,18,19,20). The van der Waals surface area contributed by atoms with Crippen molar-refractivity contribution in [3.63, 3.8) is 0 Å². The van der Waals surface area contributed by atoms with Crippen molar-refractivity contribution in [1.29, 1.82) is 0 Å². The van der Waals surface area contributed by atoms with Crippen molar-refractivity contribution in [1.82, 2.24) is 20.6 Å². The molecular formula is C15H19BrN4O2. The number of nitrogens with one attached hydrogen (secondary N) is 1. The Labute approximate surface area is 137 Å². The Kier molecular flexibility index (Phi) is 6.06. The van der Waals surface area contributed by atoms with Gasteiger partial charge in [-0.15, -0.1) is 10.2 Å². The highest BCUT2D eigenvalue weighted by atomic mass is 79.9. The molecule has 6 nitrogen and oxygen atoms in total. The quantitative estimate of drug-likeness (QED) is 0.595. The van der Waals surface area contributed by atoms with Gasteiger partial charge in [-0.2, -0.15) is 5.21 Å². The number of hydrogen-bond donors (Lipinski definition) is 1. The van der Waals surface area contributed by atoms with E-state index >= 15 is 0 Å². The molecule has 0 aliphatic carbocycles. The van der Waals surface area contributed by atoms with Gasteiger partial charge in [-0.1, -0.05) is 41.8 Å². The first kappa shape index (κ1) is 16.6. The Hall–Kier alpha value is -1.76. The smallest absolute Gasteiger partial charge is 0.303 e. The monoisotopic (exact) mass is 366 g/mol. The minimum absolute atomic E-state index is 0.288. The molecule has 1 heterocycles. The summed E-state index contributed by atoms with van der Waals surface area (Å²) in [6.45, 7) is 3.57.